The molecule has 0 atom stereocenters. The maximum absolute atomic E-state index is 10.6. The normalized spacial score (nSPS) is 10.4. The molecule has 1 rings (SSSR count). The van der Waals surface area contributed by atoms with Gasteiger partial charge in [-0.1, -0.05) is 13.3 Å². The summed E-state index contributed by atoms with van der Waals surface area (Å²) in [7, 11) is 0. The first kappa shape index (κ1) is 8.07. The molecule has 1 aromatic heterocycles. The minimum Gasteiger partial charge on any atom is -0.410 e. The number of aliphatic hydroxyl groups is 1. The maximum atomic E-state index is 10.6. The fourth-order valence-corrected chi connectivity index (χ4v) is 0.972. The van der Waals surface area contributed by atoms with Gasteiger partial charge in [-0.2, -0.15) is 0 Å². The molecule has 0 fully saturated rings. The van der Waals surface area contributed by atoms with Gasteiger partial charge >= 0.3 is 5.76 Å². The summed E-state index contributed by atoms with van der Waals surface area (Å²) in [5, 5.41) is 8.71. The van der Waals surface area contributed by atoms with E-state index in [1.54, 1.807) is 0 Å². The number of aromatic nitrogens is 1. The van der Waals surface area contributed by atoms with Crippen molar-refractivity contribution < 1.29 is 9.52 Å². The van der Waals surface area contributed by atoms with Crippen molar-refractivity contribution >= 4 is 0 Å². The number of nitrogens with one attached hydrogen (secondary N) is 1. The van der Waals surface area contributed by atoms with Crippen LogP contribution in [0.3, 0.4) is 0 Å². The van der Waals surface area contributed by atoms with Crippen LogP contribution in [0.2, 0.25) is 0 Å². The van der Waals surface area contributed by atoms with Crippen molar-refractivity contribution in [3.8, 4) is 0 Å². The first-order valence-corrected chi connectivity index (χ1v) is 3.59. The number of aromatic amines is 1. The van der Waals surface area contributed by atoms with Crippen molar-refractivity contribution in [2.75, 3.05) is 0 Å². The number of H-pyrrole nitrogens is 1. The molecule has 2 N–H and O–H groups in total. The van der Waals surface area contributed by atoms with Gasteiger partial charge in [-0.15, -0.1) is 0 Å². The Morgan fingerprint density at radius 2 is 2.36 bits per heavy atom. The lowest BCUT2D eigenvalue weighted by molar-refractivity contribution is 0.242. The van der Waals surface area contributed by atoms with Gasteiger partial charge in [0.2, 0.25) is 0 Å². The average Bonchev–Trinajstić information content (AvgIpc) is 2.32. The molecule has 0 amide bonds. The second-order valence-electron chi connectivity index (χ2n) is 2.32. The molecule has 0 radical (unpaired) electrons. The Kier molecular flexibility index (Phi) is 2.48. The average molecular weight is 157 g/mol. The van der Waals surface area contributed by atoms with Crippen LogP contribution in [0.25, 0.3) is 0 Å². The van der Waals surface area contributed by atoms with Crippen LogP contribution in [0.1, 0.15) is 24.8 Å². The van der Waals surface area contributed by atoms with Crippen molar-refractivity contribution in [1.29, 1.82) is 0 Å². The van der Waals surface area contributed by atoms with Crippen LogP contribution in [0.4, 0.5) is 0 Å². The molecule has 0 spiro atoms. The zero-order valence-electron chi connectivity index (χ0n) is 6.39. The molecule has 0 bridgehead atoms. The van der Waals surface area contributed by atoms with Gasteiger partial charge in [-0.25, -0.2) is 4.79 Å². The van der Waals surface area contributed by atoms with Gasteiger partial charge < -0.3 is 9.52 Å². The Morgan fingerprint density at radius 1 is 1.64 bits per heavy atom. The van der Waals surface area contributed by atoms with E-state index in [2.05, 4.69) is 9.40 Å². The number of oxazole rings is 1. The quantitative estimate of drug-likeness (QED) is 0.667. The van der Waals surface area contributed by atoms with Crippen LogP contribution in [0.15, 0.2) is 9.21 Å². The topological polar surface area (TPSA) is 66.2 Å². The summed E-state index contributed by atoms with van der Waals surface area (Å²) in [5.74, 6) is -0.130. The third-order valence-electron chi connectivity index (χ3n) is 1.45. The highest BCUT2D eigenvalue weighted by molar-refractivity contribution is 5.05. The SMILES string of the molecule is CCCc1[nH]c(=O)oc1CO. The van der Waals surface area contributed by atoms with E-state index in [1.165, 1.54) is 0 Å². The summed E-state index contributed by atoms with van der Waals surface area (Å²) in [6.07, 6.45) is 1.66. The van der Waals surface area contributed by atoms with Crippen LogP contribution in [-0.2, 0) is 13.0 Å². The van der Waals surface area contributed by atoms with Gasteiger partial charge in [-0.05, 0) is 6.42 Å². The molecule has 62 valence electrons. The van der Waals surface area contributed by atoms with Crippen molar-refractivity contribution in [2.45, 2.75) is 26.4 Å². The van der Waals surface area contributed by atoms with Crippen LogP contribution in [0, 0.1) is 0 Å². The molecule has 0 saturated carbocycles. The van der Waals surface area contributed by atoms with E-state index in [9.17, 15) is 4.79 Å². The minimum absolute atomic E-state index is 0.214. The molecule has 4 nitrogen and oxygen atoms in total. The van der Waals surface area contributed by atoms with Gasteiger partial charge in [0, 0.05) is 0 Å². The maximum Gasteiger partial charge on any atom is 0.416 e. The van der Waals surface area contributed by atoms with E-state index >= 15 is 0 Å². The Balaban J connectivity index is 2.92. The van der Waals surface area contributed by atoms with E-state index in [1.807, 2.05) is 6.92 Å². The highest BCUT2D eigenvalue weighted by Crippen LogP contribution is 2.05. The summed E-state index contributed by atoms with van der Waals surface area (Å²) in [6, 6.07) is 0. The highest BCUT2D eigenvalue weighted by atomic mass is 16.4. The van der Waals surface area contributed by atoms with Gasteiger partial charge in [0.15, 0.2) is 5.76 Å². The van der Waals surface area contributed by atoms with Gasteiger partial charge in [0.05, 0.1) is 5.69 Å². The number of aryl methyl sites for hydroxylation is 1. The molecule has 0 saturated heterocycles. The molecule has 0 aromatic carbocycles. The molecule has 0 aliphatic carbocycles. The highest BCUT2D eigenvalue weighted by Gasteiger charge is 2.06. The number of rotatable bonds is 3. The van der Waals surface area contributed by atoms with E-state index in [4.69, 9.17) is 5.11 Å². The van der Waals surface area contributed by atoms with E-state index in [0.29, 0.717) is 11.5 Å². The monoisotopic (exact) mass is 157 g/mol. The van der Waals surface area contributed by atoms with Crippen molar-refractivity contribution in [2.24, 2.45) is 0 Å². The predicted molar refractivity (Wildman–Crippen MR) is 39.2 cm³/mol. The van der Waals surface area contributed by atoms with E-state index in [0.717, 1.165) is 12.8 Å². The van der Waals surface area contributed by atoms with E-state index < -0.39 is 5.76 Å². The van der Waals surface area contributed by atoms with Crippen LogP contribution < -0.4 is 5.76 Å². The second kappa shape index (κ2) is 3.39. The first-order chi connectivity index (χ1) is 5.27. The second-order valence-corrected chi connectivity index (χ2v) is 2.32. The molecule has 1 heterocycles. The molecule has 0 aliphatic heterocycles. The van der Waals surface area contributed by atoms with Gasteiger partial charge in [0.1, 0.15) is 6.61 Å². The van der Waals surface area contributed by atoms with E-state index in [-0.39, 0.29) is 6.61 Å². The van der Waals surface area contributed by atoms with Crippen LogP contribution in [-0.4, -0.2) is 10.1 Å². The Bertz CT molecular complexity index is 273. The summed E-state index contributed by atoms with van der Waals surface area (Å²) in [4.78, 5) is 13.1. The summed E-state index contributed by atoms with van der Waals surface area (Å²) in [5.41, 5.74) is 0.708. The molecule has 1 aromatic rings. The zero-order valence-corrected chi connectivity index (χ0v) is 6.39. The van der Waals surface area contributed by atoms with Gasteiger partial charge in [0.25, 0.3) is 0 Å². The Hall–Kier alpha value is -1.03. The molecule has 0 unspecified atom stereocenters. The van der Waals surface area contributed by atoms with Crippen molar-refractivity contribution in [3.63, 3.8) is 0 Å². The fourth-order valence-electron chi connectivity index (χ4n) is 0.972. The zero-order chi connectivity index (χ0) is 8.27. The predicted octanol–water partition coefficient (Wildman–Crippen LogP) is 0.413. The van der Waals surface area contributed by atoms with Crippen molar-refractivity contribution in [3.05, 3.63) is 22.0 Å². The molecular formula is C7H11NO3. The lowest BCUT2D eigenvalue weighted by Crippen LogP contribution is -1.96. The summed E-state index contributed by atoms with van der Waals surface area (Å²) in [6.45, 7) is 1.78. The number of aliphatic hydroxyl groups excluding tert-OH is 1. The summed E-state index contributed by atoms with van der Waals surface area (Å²) < 4.78 is 4.66. The Labute approximate surface area is 63.9 Å². The lowest BCUT2D eigenvalue weighted by atomic mass is 10.2. The molecule has 11 heavy (non-hydrogen) atoms. The number of hydrogen-bond acceptors (Lipinski definition) is 3. The molecule has 4 heteroatoms. The van der Waals surface area contributed by atoms with Crippen LogP contribution >= 0.6 is 0 Å². The third-order valence-corrected chi connectivity index (χ3v) is 1.45. The first-order valence-electron chi connectivity index (χ1n) is 3.59. The molecule has 0 aliphatic rings. The van der Waals surface area contributed by atoms with Gasteiger partial charge in [-0.3, -0.25) is 4.98 Å². The number of hydrogen-bond donors (Lipinski definition) is 2. The third kappa shape index (κ3) is 1.71. The lowest BCUT2D eigenvalue weighted by Gasteiger charge is -1.93. The largest absolute Gasteiger partial charge is 0.416 e. The van der Waals surface area contributed by atoms with Crippen LogP contribution in [0.5, 0.6) is 0 Å². The Morgan fingerprint density at radius 3 is 2.91 bits per heavy atom. The minimum atomic E-state index is -0.488. The standard InChI is InChI=1S/C7H11NO3/c1-2-3-5-6(4-9)11-7(10)8-5/h9H,2-4H2,1H3,(H,8,10). The molecular weight excluding hydrogens is 146 g/mol. The van der Waals surface area contributed by atoms with Crippen molar-refractivity contribution in [1.82, 2.24) is 4.98 Å². The fraction of sp³-hybridized carbons (Fsp3) is 0.571. The smallest absolute Gasteiger partial charge is 0.410 e. The summed E-state index contributed by atoms with van der Waals surface area (Å²) >= 11 is 0.